The van der Waals surface area contributed by atoms with Gasteiger partial charge in [-0.2, -0.15) is 0 Å². The highest BCUT2D eigenvalue weighted by Gasteiger charge is 2.07. The summed E-state index contributed by atoms with van der Waals surface area (Å²) in [6.07, 6.45) is 0. The number of aryl methyl sites for hydroxylation is 1. The van der Waals surface area contributed by atoms with Gasteiger partial charge >= 0.3 is 0 Å². The highest BCUT2D eigenvalue weighted by Crippen LogP contribution is 2.17. The van der Waals surface area contributed by atoms with Crippen LogP contribution in [0.25, 0.3) is 0 Å². The van der Waals surface area contributed by atoms with Gasteiger partial charge in [0.1, 0.15) is 5.82 Å². The zero-order valence-corrected chi connectivity index (χ0v) is 12.7. The smallest absolute Gasteiger partial charge is 0.128 e. The van der Waals surface area contributed by atoms with E-state index in [-0.39, 0.29) is 11.9 Å². The van der Waals surface area contributed by atoms with Crippen LogP contribution in [0.4, 0.5) is 4.39 Å². The molecule has 2 aromatic carbocycles. The molecule has 0 spiro atoms. The van der Waals surface area contributed by atoms with E-state index in [4.69, 9.17) is 0 Å². The van der Waals surface area contributed by atoms with Crippen LogP contribution in [0.15, 0.2) is 46.9 Å². The van der Waals surface area contributed by atoms with Crippen molar-refractivity contribution in [1.29, 1.82) is 0 Å². The molecule has 1 N–H and O–H groups in total. The summed E-state index contributed by atoms with van der Waals surface area (Å²) in [6, 6.07) is 13.7. The van der Waals surface area contributed by atoms with Crippen LogP contribution < -0.4 is 5.32 Å². The number of nitrogens with one attached hydrogen (secondary N) is 1. The van der Waals surface area contributed by atoms with Crippen molar-refractivity contribution < 1.29 is 4.39 Å². The number of halogens is 2. The molecule has 0 amide bonds. The number of hydrogen-bond acceptors (Lipinski definition) is 1. The molecule has 2 aromatic rings. The summed E-state index contributed by atoms with van der Waals surface area (Å²) >= 11 is 3.26. The minimum absolute atomic E-state index is 0.182. The molecule has 0 saturated heterocycles. The van der Waals surface area contributed by atoms with Crippen molar-refractivity contribution in [2.45, 2.75) is 26.4 Å². The second-order valence-electron chi connectivity index (χ2n) is 4.75. The summed E-state index contributed by atoms with van der Waals surface area (Å²) in [4.78, 5) is 0. The van der Waals surface area contributed by atoms with Gasteiger partial charge in [-0.1, -0.05) is 51.8 Å². The zero-order chi connectivity index (χ0) is 13.8. The Bertz CT molecular complexity index is 551. The lowest BCUT2D eigenvalue weighted by Crippen LogP contribution is -2.18. The van der Waals surface area contributed by atoms with Gasteiger partial charge in [0, 0.05) is 22.6 Å². The topological polar surface area (TPSA) is 12.0 Å². The molecular weight excluding hydrogens is 305 g/mol. The van der Waals surface area contributed by atoms with E-state index in [0.29, 0.717) is 12.1 Å². The molecule has 0 aliphatic carbocycles. The summed E-state index contributed by atoms with van der Waals surface area (Å²) in [7, 11) is 0. The van der Waals surface area contributed by atoms with Gasteiger partial charge in [-0.05, 0) is 31.5 Å². The number of benzene rings is 2. The monoisotopic (exact) mass is 321 g/mol. The second kappa shape index (κ2) is 6.31. The van der Waals surface area contributed by atoms with Crippen LogP contribution in [-0.4, -0.2) is 0 Å². The SMILES string of the molecule is Cc1ccc([C@H](C)NCc2ccc(Br)cc2F)cc1. The van der Waals surface area contributed by atoms with Gasteiger partial charge in [0.15, 0.2) is 0 Å². The first-order chi connectivity index (χ1) is 9.06. The fourth-order valence-corrected chi connectivity index (χ4v) is 2.23. The van der Waals surface area contributed by atoms with Gasteiger partial charge in [0.05, 0.1) is 0 Å². The fraction of sp³-hybridized carbons (Fsp3) is 0.250. The van der Waals surface area contributed by atoms with E-state index in [1.807, 2.05) is 6.07 Å². The zero-order valence-electron chi connectivity index (χ0n) is 11.1. The minimum Gasteiger partial charge on any atom is -0.306 e. The Balaban J connectivity index is 2.00. The van der Waals surface area contributed by atoms with Gasteiger partial charge in [-0.3, -0.25) is 0 Å². The molecule has 0 heterocycles. The van der Waals surface area contributed by atoms with Crippen LogP contribution >= 0.6 is 15.9 Å². The Kier molecular flexibility index (Phi) is 4.72. The molecule has 1 atom stereocenters. The van der Waals surface area contributed by atoms with Crippen LogP contribution in [0, 0.1) is 12.7 Å². The summed E-state index contributed by atoms with van der Waals surface area (Å²) in [5.41, 5.74) is 3.14. The van der Waals surface area contributed by atoms with Gasteiger partial charge in [-0.15, -0.1) is 0 Å². The van der Waals surface area contributed by atoms with Crippen molar-refractivity contribution in [2.75, 3.05) is 0 Å². The maximum Gasteiger partial charge on any atom is 0.128 e. The Hall–Kier alpha value is -1.19. The standard InChI is InChI=1S/C16H17BrFN/c1-11-3-5-13(6-4-11)12(2)19-10-14-7-8-15(17)9-16(14)18/h3-9,12,19H,10H2,1-2H3/t12-/m0/s1. The average molecular weight is 322 g/mol. The Labute approximate surface area is 122 Å². The van der Waals surface area contributed by atoms with E-state index in [1.165, 1.54) is 17.2 Å². The first kappa shape index (κ1) is 14.2. The van der Waals surface area contributed by atoms with Gasteiger partial charge in [-0.25, -0.2) is 4.39 Å². The molecule has 0 aromatic heterocycles. The lowest BCUT2D eigenvalue weighted by molar-refractivity contribution is 0.544. The first-order valence-corrected chi connectivity index (χ1v) is 7.09. The predicted octanol–water partition coefficient (Wildman–Crippen LogP) is 4.75. The quantitative estimate of drug-likeness (QED) is 0.857. The minimum atomic E-state index is -0.182. The largest absolute Gasteiger partial charge is 0.306 e. The summed E-state index contributed by atoms with van der Waals surface area (Å²) in [5, 5.41) is 3.34. The molecule has 100 valence electrons. The molecule has 0 unspecified atom stereocenters. The number of hydrogen-bond donors (Lipinski definition) is 1. The molecule has 0 fully saturated rings. The lowest BCUT2D eigenvalue weighted by atomic mass is 10.1. The third-order valence-electron chi connectivity index (χ3n) is 3.19. The van der Waals surface area contributed by atoms with E-state index >= 15 is 0 Å². The lowest BCUT2D eigenvalue weighted by Gasteiger charge is -2.15. The van der Waals surface area contributed by atoms with Crippen LogP contribution in [0.2, 0.25) is 0 Å². The van der Waals surface area contributed by atoms with Crippen molar-refractivity contribution in [1.82, 2.24) is 5.32 Å². The molecule has 1 nitrogen and oxygen atoms in total. The molecular formula is C16H17BrFN. The molecule has 2 rings (SSSR count). The molecule has 0 aliphatic heterocycles. The van der Waals surface area contributed by atoms with Crippen molar-refractivity contribution in [3.05, 3.63) is 69.4 Å². The second-order valence-corrected chi connectivity index (χ2v) is 5.66. The van der Waals surface area contributed by atoms with Crippen LogP contribution in [-0.2, 0) is 6.54 Å². The van der Waals surface area contributed by atoms with E-state index < -0.39 is 0 Å². The third-order valence-corrected chi connectivity index (χ3v) is 3.68. The maximum atomic E-state index is 13.7. The fourth-order valence-electron chi connectivity index (χ4n) is 1.90. The Morgan fingerprint density at radius 2 is 1.84 bits per heavy atom. The molecule has 0 saturated carbocycles. The molecule has 3 heteroatoms. The highest BCUT2D eigenvalue weighted by atomic mass is 79.9. The molecule has 0 radical (unpaired) electrons. The predicted molar refractivity (Wildman–Crippen MR) is 80.5 cm³/mol. The van der Waals surface area contributed by atoms with Gasteiger partial charge in [0.2, 0.25) is 0 Å². The van der Waals surface area contributed by atoms with Crippen molar-refractivity contribution in [3.63, 3.8) is 0 Å². The van der Waals surface area contributed by atoms with E-state index in [2.05, 4.69) is 59.4 Å². The first-order valence-electron chi connectivity index (χ1n) is 6.30. The van der Waals surface area contributed by atoms with Crippen molar-refractivity contribution in [2.24, 2.45) is 0 Å². The summed E-state index contributed by atoms with van der Waals surface area (Å²) in [5.74, 6) is -0.182. The maximum absolute atomic E-state index is 13.7. The van der Waals surface area contributed by atoms with E-state index in [0.717, 1.165) is 4.47 Å². The van der Waals surface area contributed by atoms with E-state index in [9.17, 15) is 4.39 Å². The summed E-state index contributed by atoms with van der Waals surface area (Å²) < 4.78 is 14.5. The van der Waals surface area contributed by atoms with Crippen LogP contribution in [0.1, 0.15) is 29.7 Å². The Morgan fingerprint density at radius 1 is 1.16 bits per heavy atom. The molecule has 19 heavy (non-hydrogen) atoms. The highest BCUT2D eigenvalue weighted by molar-refractivity contribution is 9.10. The Morgan fingerprint density at radius 3 is 2.47 bits per heavy atom. The van der Waals surface area contributed by atoms with Gasteiger partial charge in [0.25, 0.3) is 0 Å². The molecule has 0 bridgehead atoms. The van der Waals surface area contributed by atoms with E-state index in [1.54, 1.807) is 6.07 Å². The van der Waals surface area contributed by atoms with Gasteiger partial charge < -0.3 is 5.32 Å². The van der Waals surface area contributed by atoms with Crippen LogP contribution in [0.5, 0.6) is 0 Å². The van der Waals surface area contributed by atoms with Crippen molar-refractivity contribution in [3.8, 4) is 0 Å². The molecule has 0 aliphatic rings. The third kappa shape index (κ3) is 3.88. The average Bonchev–Trinajstić information content (AvgIpc) is 2.38. The summed E-state index contributed by atoms with van der Waals surface area (Å²) in [6.45, 7) is 4.68. The van der Waals surface area contributed by atoms with Crippen LogP contribution in [0.3, 0.4) is 0 Å². The number of rotatable bonds is 4. The van der Waals surface area contributed by atoms with Crippen molar-refractivity contribution >= 4 is 15.9 Å². The normalized spacial score (nSPS) is 12.4.